The molecule has 1 aromatic carbocycles. The van der Waals surface area contributed by atoms with Crippen LogP contribution < -0.4 is 5.73 Å². The average Bonchev–Trinajstić information content (AvgIpc) is 2.32. The molecule has 2 nitrogen and oxygen atoms in total. The smallest absolute Gasteiger partial charge is 0.0865 e. The molecule has 0 bridgehead atoms. The molecule has 0 spiro atoms. The lowest BCUT2D eigenvalue weighted by Crippen LogP contribution is -2.28. The van der Waals surface area contributed by atoms with Crippen LogP contribution in [0.1, 0.15) is 24.5 Å². The summed E-state index contributed by atoms with van der Waals surface area (Å²) < 4.78 is 6.73. The fourth-order valence-corrected chi connectivity index (χ4v) is 2.66. The summed E-state index contributed by atoms with van der Waals surface area (Å²) in [5.41, 5.74) is 6.94. The standard InChI is InChI=1S/C12H15BrClNO/c13-10-6-8(3-4-11(10)14)12-9(7-15)2-1-5-16-12/h3-4,6,9,12H,1-2,5,7,15H2. The second kappa shape index (κ2) is 5.50. The van der Waals surface area contributed by atoms with E-state index in [1.54, 1.807) is 0 Å². The highest BCUT2D eigenvalue weighted by atomic mass is 79.9. The molecule has 1 fully saturated rings. The molecule has 2 unspecified atom stereocenters. The van der Waals surface area contributed by atoms with Gasteiger partial charge in [0, 0.05) is 17.0 Å². The van der Waals surface area contributed by atoms with E-state index < -0.39 is 0 Å². The molecule has 88 valence electrons. The van der Waals surface area contributed by atoms with Gasteiger partial charge in [-0.05, 0) is 53.0 Å². The van der Waals surface area contributed by atoms with Crippen LogP contribution in [-0.2, 0) is 4.74 Å². The molecule has 0 radical (unpaired) electrons. The van der Waals surface area contributed by atoms with Gasteiger partial charge in [0.1, 0.15) is 0 Å². The second-order valence-electron chi connectivity index (χ2n) is 4.10. The molecule has 0 saturated carbocycles. The predicted molar refractivity (Wildman–Crippen MR) is 69.6 cm³/mol. The first kappa shape index (κ1) is 12.4. The van der Waals surface area contributed by atoms with Crippen LogP contribution in [0.4, 0.5) is 0 Å². The molecule has 0 aliphatic carbocycles. The van der Waals surface area contributed by atoms with Crippen molar-refractivity contribution in [3.05, 3.63) is 33.3 Å². The Balaban J connectivity index is 2.23. The zero-order valence-corrected chi connectivity index (χ0v) is 11.3. The third kappa shape index (κ3) is 2.59. The molecular weight excluding hydrogens is 289 g/mol. The number of hydrogen-bond donors (Lipinski definition) is 1. The number of nitrogens with two attached hydrogens (primary N) is 1. The van der Waals surface area contributed by atoms with E-state index >= 15 is 0 Å². The topological polar surface area (TPSA) is 35.2 Å². The molecule has 1 heterocycles. The Morgan fingerprint density at radius 2 is 2.31 bits per heavy atom. The van der Waals surface area contributed by atoms with Gasteiger partial charge in [0.15, 0.2) is 0 Å². The first-order chi connectivity index (χ1) is 7.72. The van der Waals surface area contributed by atoms with E-state index in [2.05, 4.69) is 15.9 Å². The van der Waals surface area contributed by atoms with Crippen LogP contribution in [0.15, 0.2) is 22.7 Å². The molecule has 2 atom stereocenters. The maximum atomic E-state index is 5.98. The molecule has 1 aliphatic rings. The normalized spacial score (nSPS) is 25.7. The Bertz CT molecular complexity index is 372. The third-order valence-electron chi connectivity index (χ3n) is 3.02. The van der Waals surface area contributed by atoms with Gasteiger partial charge in [0.25, 0.3) is 0 Å². The van der Waals surface area contributed by atoms with E-state index in [-0.39, 0.29) is 6.10 Å². The van der Waals surface area contributed by atoms with E-state index in [0.717, 1.165) is 34.5 Å². The van der Waals surface area contributed by atoms with E-state index in [9.17, 15) is 0 Å². The Morgan fingerprint density at radius 1 is 1.50 bits per heavy atom. The van der Waals surface area contributed by atoms with Gasteiger partial charge in [-0.15, -0.1) is 0 Å². The van der Waals surface area contributed by atoms with Crippen molar-refractivity contribution in [3.8, 4) is 0 Å². The summed E-state index contributed by atoms with van der Waals surface area (Å²) in [5.74, 6) is 0.418. The van der Waals surface area contributed by atoms with Crippen LogP contribution >= 0.6 is 27.5 Å². The van der Waals surface area contributed by atoms with Crippen molar-refractivity contribution in [1.29, 1.82) is 0 Å². The minimum absolute atomic E-state index is 0.118. The van der Waals surface area contributed by atoms with Crippen LogP contribution in [0.2, 0.25) is 5.02 Å². The predicted octanol–water partition coefficient (Wildman–Crippen LogP) is 3.53. The lowest BCUT2D eigenvalue weighted by molar-refractivity contribution is -0.0251. The fraction of sp³-hybridized carbons (Fsp3) is 0.500. The van der Waals surface area contributed by atoms with Gasteiger partial charge in [-0.2, -0.15) is 0 Å². The molecule has 1 aromatic rings. The van der Waals surface area contributed by atoms with Gasteiger partial charge in [-0.3, -0.25) is 0 Å². The van der Waals surface area contributed by atoms with Crippen LogP contribution in [0.5, 0.6) is 0 Å². The maximum Gasteiger partial charge on any atom is 0.0865 e. The second-order valence-corrected chi connectivity index (χ2v) is 5.36. The Morgan fingerprint density at radius 3 is 3.00 bits per heavy atom. The fourth-order valence-electron chi connectivity index (χ4n) is 2.14. The number of benzene rings is 1. The van der Waals surface area contributed by atoms with Crippen LogP contribution in [0.25, 0.3) is 0 Å². The molecule has 0 amide bonds. The van der Waals surface area contributed by atoms with Crippen LogP contribution in [-0.4, -0.2) is 13.2 Å². The summed E-state index contributed by atoms with van der Waals surface area (Å²) in [6.07, 6.45) is 2.36. The van der Waals surface area contributed by atoms with E-state index in [1.807, 2.05) is 18.2 Å². The Labute approximate surface area is 109 Å². The molecule has 1 saturated heterocycles. The first-order valence-electron chi connectivity index (χ1n) is 5.49. The lowest BCUT2D eigenvalue weighted by atomic mass is 9.90. The van der Waals surface area contributed by atoms with Crippen molar-refractivity contribution < 1.29 is 4.74 Å². The summed E-state index contributed by atoms with van der Waals surface area (Å²) >= 11 is 9.41. The van der Waals surface area contributed by atoms with Gasteiger partial charge >= 0.3 is 0 Å². The van der Waals surface area contributed by atoms with Crippen LogP contribution in [0, 0.1) is 5.92 Å². The van der Waals surface area contributed by atoms with Crippen molar-refractivity contribution in [3.63, 3.8) is 0 Å². The summed E-state index contributed by atoms with van der Waals surface area (Å²) in [7, 11) is 0. The lowest BCUT2D eigenvalue weighted by Gasteiger charge is -2.31. The molecule has 0 aromatic heterocycles. The van der Waals surface area contributed by atoms with E-state index in [0.29, 0.717) is 12.5 Å². The van der Waals surface area contributed by atoms with Crippen molar-refractivity contribution in [2.45, 2.75) is 18.9 Å². The summed E-state index contributed by atoms with van der Waals surface area (Å²) in [6.45, 7) is 1.49. The number of ether oxygens (including phenoxy) is 1. The number of halogens is 2. The maximum absolute atomic E-state index is 5.98. The third-order valence-corrected chi connectivity index (χ3v) is 4.23. The van der Waals surface area contributed by atoms with Crippen molar-refractivity contribution >= 4 is 27.5 Å². The SMILES string of the molecule is NCC1CCCOC1c1ccc(Cl)c(Br)c1. The van der Waals surface area contributed by atoms with Crippen molar-refractivity contribution in [1.82, 2.24) is 0 Å². The number of rotatable bonds is 2. The summed E-state index contributed by atoms with van der Waals surface area (Å²) in [6, 6.07) is 5.94. The van der Waals surface area contributed by atoms with Crippen molar-refractivity contribution in [2.24, 2.45) is 11.7 Å². The molecule has 16 heavy (non-hydrogen) atoms. The van der Waals surface area contributed by atoms with Crippen LogP contribution in [0.3, 0.4) is 0 Å². The molecular formula is C12H15BrClNO. The van der Waals surface area contributed by atoms with E-state index in [4.69, 9.17) is 22.1 Å². The van der Waals surface area contributed by atoms with Crippen molar-refractivity contribution in [2.75, 3.05) is 13.2 Å². The zero-order valence-electron chi connectivity index (χ0n) is 8.96. The quantitative estimate of drug-likeness (QED) is 0.907. The molecule has 1 aliphatic heterocycles. The van der Waals surface area contributed by atoms with Gasteiger partial charge in [0.05, 0.1) is 11.1 Å². The summed E-state index contributed by atoms with van der Waals surface area (Å²) in [4.78, 5) is 0. The highest BCUT2D eigenvalue weighted by molar-refractivity contribution is 9.10. The highest BCUT2D eigenvalue weighted by Crippen LogP contribution is 2.35. The van der Waals surface area contributed by atoms with Gasteiger partial charge in [-0.1, -0.05) is 17.7 Å². The Hall–Kier alpha value is -0.0900. The Kier molecular flexibility index (Phi) is 4.25. The highest BCUT2D eigenvalue weighted by Gasteiger charge is 2.26. The van der Waals surface area contributed by atoms with Gasteiger partial charge in [-0.25, -0.2) is 0 Å². The minimum atomic E-state index is 0.118. The summed E-state index contributed by atoms with van der Waals surface area (Å²) in [5, 5.41) is 0.726. The van der Waals surface area contributed by atoms with Gasteiger partial charge in [0.2, 0.25) is 0 Å². The molecule has 2 rings (SSSR count). The monoisotopic (exact) mass is 303 g/mol. The molecule has 2 N–H and O–H groups in total. The average molecular weight is 305 g/mol. The van der Waals surface area contributed by atoms with Gasteiger partial charge < -0.3 is 10.5 Å². The first-order valence-corrected chi connectivity index (χ1v) is 6.66. The largest absolute Gasteiger partial charge is 0.373 e. The molecule has 4 heteroatoms. The zero-order chi connectivity index (χ0) is 11.5. The minimum Gasteiger partial charge on any atom is -0.373 e. The van der Waals surface area contributed by atoms with E-state index in [1.165, 1.54) is 0 Å². The number of hydrogen-bond acceptors (Lipinski definition) is 2.